The van der Waals surface area contributed by atoms with Gasteiger partial charge < -0.3 is 20.1 Å². The molecular weight excluding hydrogens is 260 g/mol. The number of ether oxygens (including phenoxy) is 2. The van der Waals surface area contributed by atoms with Gasteiger partial charge in [0.25, 0.3) is 5.91 Å². The molecule has 2 N–H and O–H groups in total. The molecule has 0 spiro atoms. The molecule has 1 atom stereocenters. The maximum absolute atomic E-state index is 12.3. The van der Waals surface area contributed by atoms with Crippen LogP contribution < -0.4 is 20.1 Å². The summed E-state index contributed by atoms with van der Waals surface area (Å²) in [5.74, 6) is 0.926. The van der Waals surface area contributed by atoms with Gasteiger partial charge in [0.2, 0.25) is 5.91 Å². The number of rotatable bonds is 2. The second-order valence-corrected chi connectivity index (χ2v) is 4.84. The van der Waals surface area contributed by atoms with Gasteiger partial charge in [0.05, 0.1) is 5.56 Å². The molecule has 106 valence electrons. The molecular formula is C14H16N2O4. The van der Waals surface area contributed by atoms with Gasteiger partial charge >= 0.3 is 0 Å². The highest BCUT2D eigenvalue weighted by atomic mass is 16.6. The molecule has 0 aromatic heterocycles. The molecule has 0 radical (unpaired) electrons. The summed E-state index contributed by atoms with van der Waals surface area (Å²) in [6.45, 7) is 1.40. The predicted molar refractivity (Wildman–Crippen MR) is 70.9 cm³/mol. The summed E-state index contributed by atoms with van der Waals surface area (Å²) in [5, 5.41) is 5.66. The number of nitrogens with one attached hydrogen (secondary N) is 2. The summed E-state index contributed by atoms with van der Waals surface area (Å²) < 4.78 is 11.0. The Labute approximate surface area is 116 Å². The lowest BCUT2D eigenvalue weighted by Gasteiger charge is -2.25. The van der Waals surface area contributed by atoms with Gasteiger partial charge in [0.1, 0.15) is 13.2 Å². The van der Waals surface area contributed by atoms with Crippen LogP contribution in [0, 0.1) is 0 Å². The van der Waals surface area contributed by atoms with Crippen molar-refractivity contribution in [2.24, 2.45) is 0 Å². The number of hydrogen-bond donors (Lipinski definition) is 2. The van der Waals surface area contributed by atoms with Gasteiger partial charge in [-0.05, 0) is 18.6 Å². The highest BCUT2D eigenvalue weighted by Gasteiger charge is 2.24. The third-order valence-electron chi connectivity index (χ3n) is 3.41. The third-order valence-corrected chi connectivity index (χ3v) is 3.41. The molecule has 20 heavy (non-hydrogen) atoms. The average molecular weight is 276 g/mol. The standard InChI is InChI=1S/C14H16N2O4/c17-12-5-4-9(8-15-12)16-14(18)10-2-1-3-11-13(10)20-7-6-19-11/h1-3,9H,4-8H2,(H,15,17)(H,16,18). The first kappa shape index (κ1) is 12.8. The molecule has 2 heterocycles. The number of benzene rings is 1. The Morgan fingerprint density at radius 2 is 2.15 bits per heavy atom. The predicted octanol–water partition coefficient (Wildman–Crippen LogP) is 0.466. The van der Waals surface area contributed by atoms with E-state index in [1.165, 1.54) is 0 Å². The molecule has 6 nitrogen and oxygen atoms in total. The summed E-state index contributed by atoms with van der Waals surface area (Å²) >= 11 is 0. The van der Waals surface area contributed by atoms with E-state index < -0.39 is 0 Å². The smallest absolute Gasteiger partial charge is 0.255 e. The highest BCUT2D eigenvalue weighted by molar-refractivity contribution is 5.98. The van der Waals surface area contributed by atoms with Crippen LogP contribution in [0.2, 0.25) is 0 Å². The van der Waals surface area contributed by atoms with Crippen molar-refractivity contribution in [1.29, 1.82) is 0 Å². The molecule has 2 aliphatic rings. The van der Waals surface area contributed by atoms with E-state index in [4.69, 9.17) is 9.47 Å². The van der Waals surface area contributed by atoms with Crippen molar-refractivity contribution >= 4 is 11.8 Å². The largest absolute Gasteiger partial charge is 0.486 e. The molecule has 1 saturated heterocycles. The van der Waals surface area contributed by atoms with Gasteiger partial charge in [0, 0.05) is 19.0 Å². The van der Waals surface area contributed by atoms with Crippen LogP contribution in [-0.2, 0) is 4.79 Å². The van der Waals surface area contributed by atoms with E-state index >= 15 is 0 Å². The summed E-state index contributed by atoms with van der Waals surface area (Å²) in [6, 6.07) is 5.22. The summed E-state index contributed by atoms with van der Waals surface area (Å²) in [5.41, 5.74) is 0.471. The second-order valence-electron chi connectivity index (χ2n) is 4.84. The summed E-state index contributed by atoms with van der Waals surface area (Å²) in [6.07, 6.45) is 1.10. The van der Waals surface area contributed by atoms with Crippen LogP contribution in [0.15, 0.2) is 18.2 Å². The fraction of sp³-hybridized carbons (Fsp3) is 0.429. The van der Waals surface area contributed by atoms with E-state index in [0.717, 1.165) is 0 Å². The number of piperidine rings is 1. The fourth-order valence-corrected chi connectivity index (χ4v) is 2.37. The third kappa shape index (κ3) is 2.54. The Balaban J connectivity index is 1.72. The normalized spacial score (nSPS) is 21.0. The monoisotopic (exact) mass is 276 g/mol. The molecule has 2 aliphatic heterocycles. The number of carbonyl (C=O) groups excluding carboxylic acids is 2. The Bertz CT molecular complexity index is 534. The van der Waals surface area contributed by atoms with Gasteiger partial charge in [-0.3, -0.25) is 9.59 Å². The van der Waals surface area contributed by atoms with Crippen molar-refractivity contribution in [2.45, 2.75) is 18.9 Å². The van der Waals surface area contributed by atoms with E-state index in [1.807, 2.05) is 0 Å². The zero-order chi connectivity index (χ0) is 13.9. The first-order valence-corrected chi connectivity index (χ1v) is 6.70. The number of amides is 2. The molecule has 0 bridgehead atoms. The van der Waals surface area contributed by atoms with Crippen LogP contribution in [0.1, 0.15) is 23.2 Å². The SMILES string of the molecule is O=C1CCC(NC(=O)c2cccc3c2OCCO3)CN1. The van der Waals surface area contributed by atoms with Crippen LogP contribution in [0.3, 0.4) is 0 Å². The van der Waals surface area contributed by atoms with Crippen LogP contribution in [0.5, 0.6) is 11.5 Å². The van der Waals surface area contributed by atoms with Crippen molar-refractivity contribution in [2.75, 3.05) is 19.8 Å². The zero-order valence-corrected chi connectivity index (χ0v) is 11.0. The van der Waals surface area contributed by atoms with Crippen molar-refractivity contribution in [3.63, 3.8) is 0 Å². The molecule has 2 amide bonds. The second kappa shape index (κ2) is 5.40. The Morgan fingerprint density at radius 3 is 2.95 bits per heavy atom. The molecule has 0 saturated carbocycles. The molecule has 0 aliphatic carbocycles. The van der Waals surface area contributed by atoms with Gasteiger partial charge in [-0.15, -0.1) is 0 Å². The minimum atomic E-state index is -0.200. The van der Waals surface area contributed by atoms with Gasteiger partial charge in [0.15, 0.2) is 11.5 Å². The first-order chi connectivity index (χ1) is 9.74. The van der Waals surface area contributed by atoms with Gasteiger partial charge in [-0.1, -0.05) is 6.07 Å². The Hall–Kier alpha value is -2.24. The number of para-hydroxylation sites is 1. The molecule has 6 heteroatoms. The number of carbonyl (C=O) groups is 2. The van der Waals surface area contributed by atoms with E-state index in [2.05, 4.69) is 10.6 Å². The minimum absolute atomic E-state index is 0.0318. The van der Waals surface area contributed by atoms with Crippen molar-refractivity contribution < 1.29 is 19.1 Å². The maximum Gasteiger partial charge on any atom is 0.255 e. The average Bonchev–Trinajstić information content (AvgIpc) is 2.49. The Morgan fingerprint density at radius 1 is 1.30 bits per heavy atom. The maximum atomic E-state index is 12.3. The molecule has 1 unspecified atom stereocenters. The van der Waals surface area contributed by atoms with Gasteiger partial charge in [-0.25, -0.2) is 0 Å². The zero-order valence-electron chi connectivity index (χ0n) is 11.0. The molecule has 1 aromatic rings. The van der Waals surface area contributed by atoms with E-state index in [1.54, 1.807) is 18.2 Å². The quantitative estimate of drug-likeness (QED) is 0.823. The fourth-order valence-electron chi connectivity index (χ4n) is 2.37. The highest BCUT2D eigenvalue weighted by Crippen LogP contribution is 2.33. The lowest BCUT2D eigenvalue weighted by molar-refractivity contribution is -0.122. The molecule has 3 rings (SSSR count). The lowest BCUT2D eigenvalue weighted by atomic mass is 10.1. The minimum Gasteiger partial charge on any atom is -0.486 e. The van der Waals surface area contributed by atoms with Crippen LogP contribution in [0.4, 0.5) is 0 Å². The van der Waals surface area contributed by atoms with Crippen molar-refractivity contribution in [3.8, 4) is 11.5 Å². The van der Waals surface area contributed by atoms with Gasteiger partial charge in [-0.2, -0.15) is 0 Å². The van der Waals surface area contributed by atoms with E-state index in [-0.39, 0.29) is 17.9 Å². The summed E-state index contributed by atoms with van der Waals surface area (Å²) in [4.78, 5) is 23.4. The van der Waals surface area contributed by atoms with E-state index in [9.17, 15) is 9.59 Å². The van der Waals surface area contributed by atoms with Crippen LogP contribution in [0.25, 0.3) is 0 Å². The van der Waals surface area contributed by atoms with E-state index in [0.29, 0.717) is 49.7 Å². The summed E-state index contributed by atoms with van der Waals surface area (Å²) in [7, 11) is 0. The van der Waals surface area contributed by atoms with Crippen molar-refractivity contribution in [1.82, 2.24) is 10.6 Å². The number of hydrogen-bond acceptors (Lipinski definition) is 4. The lowest BCUT2D eigenvalue weighted by Crippen LogP contribution is -2.47. The first-order valence-electron chi connectivity index (χ1n) is 6.70. The van der Waals surface area contributed by atoms with Crippen LogP contribution in [-0.4, -0.2) is 37.6 Å². The van der Waals surface area contributed by atoms with Crippen LogP contribution >= 0.6 is 0 Å². The molecule has 1 aromatic carbocycles. The number of fused-ring (bicyclic) bond motifs is 1. The van der Waals surface area contributed by atoms with Crippen molar-refractivity contribution in [3.05, 3.63) is 23.8 Å². The Kier molecular flexibility index (Phi) is 3.45. The topological polar surface area (TPSA) is 76.7 Å². The molecule has 1 fully saturated rings.